The quantitative estimate of drug-likeness (QED) is 0.500. The first kappa shape index (κ1) is 9.64. The Labute approximate surface area is 93.2 Å². The van der Waals surface area contributed by atoms with Gasteiger partial charge in [0, 0.05) is 12.3 Å². The maximum absolute atomic E-state index is 13.5. The highest BCUT2D eigenvalue weighted by Crippen LogP contribution is 2.41. The van der Waals surface area contributed by atoms with E-state index in [-0.39, 0.29) is 17.5 Å². The van der Waals surface area contributed by atoms with Gasteiger partial charge in [-0.25, -0.2) is 9.38 Å². The summed E-state index contributed by atoms with van der Waals surface area (Å²) in [6.07, 6.45) is 1.23. The van der Waals surface area contributed by atoms with E-state index in [9.17, 15) is 4.39 Å². The van der Waals surface area contributed by atoms with E-state index < -0.39 is 6.17 Å². The zero-order valence-corrected chi connectivity index (χ0v) is 9.08. The van der Waals surface area contributed by atoms with Crippen LogP contribution in [-0.4, -0.2) is 29.6 Å². The summed E-state index contributed by atoms with van der Waals surface area (Å²) in [6, 6.07) is -0.109. The van der Waals surface area contributed by atoms with Gasteiger partial charge in [0.05, 0.1) is 5.38 Å². The van der Waals surface area contributed by atoms with Crippen molar-refractivity contribution in [2.45, 2.75) is 43.0 Å². The highest BCUT2D eigenvalue weighted by Gasteiger charge is 2.47. The molecule has 4 atom stereocenters. The van der Waals surface area contributed by atoms with Crippen molar-refractivity contribution >= 4 is 17.5 Å². The van der Waals surface area contributed by atoms with Gasteiger partial charge in [0.15, 0.2) is 5.90 Å². The summed E-state index contributed by atoms with van der Waals surface area (Å²) in [5.41, 5.74) is 0.510. The fourth-order valence-corrected chi connectivity index (χ4v) is 2.55. The highest BCUT2D eigenvalue weighted by atomic mass is 35.5. The summed E-state index contributed by atoms with van der Waals surface area (Å²) in [6.45, 7) is 3.75. The molecule has 0 amide bonds. The molecule has 2 nitrogen and oxygen atoms in total. The van der Waals surface area contributed by atoms with Crippen LogP contribution in [0, 0.1) is 5.92 Å². The molecule has 3 rings (SSSR count). The van der Waals surface area contributed by atoms with Crippen molar-refractivity contribution in [1.29, 1.82) is 0 Å². The van der Waals surface area contributed by atoms with Gasteiger partial charge in [0.1, 0.15) is 18.3 Å². The molecule has 1 heterocycles. The Morgan fingerprint density at radius 2 is 2.20 bits per heavy atom. The molecule has 0 aromatic heterocycles. The first-order chi connectivity index (χ1) is 7.16. The molecule has 15 heavy (non-hydrogen) atoms. The van der Waals surface area contributed by atoms with Crippen molar-refractivity contribution in [2.24, 2.45) is 10.9 Å². The van der Waals surface area contributed by atoms with Crippen LogP contribution in [0.4, 0.5) is 4.39 Å². The number of rotatable bonds is 1. The number of hydrogen-bond acceptors (Lipinski definition) is 2. The van der Waals surface area contributed by atoms with E-state index in [0.29, 0.717) is 17.9 Å². The number of ether oxygens (including phenoxy) is 1. The molecule has 0 bridgehead atoms. The lowest BCUT2D eigenvalue weighted by atomic mass is 9.87. The predicted molar refractivity (Wildman–Crippen MR) is 57.1 cm³/mol. The lowest BCUT2D eigenvalue weighted by Crippen LogP contribution is -2.41. The smallest absolute Gasteiger partial charge is 0.187 e. The number of aliphatic imine (C=N–C) groups is 1. The average Bonchev–Trinajstić information content (AvgIpc) is 2.94. The van der Waals surface area contributed by atoms with Gasteiger partial charge in [0.25, 0.3) is 0 Å². The van der Waals surface area contributed by atoms with Gasteiger partial charge < -0.3 is 4.74 Å². The third-order valence-electron chi connectivity index (χ3n) is 3.33. The summed E-state index contributed by atoms with van der Waals surface area (Å²) in [5, 5.41) is -0.258. The van der Waals surface area contributed by atoms with Gasteiger partial charge in [0.2, 0.25) is 0 Å². The van der Waals surface area contributed by atoms with Crippen molar-refractivity contribution in [1.82, 2.24) is 0 Å². The second-order valence-electron chi connectivity index (χ2n) is 4.56. The lowest BCUT2D eigenvalue weighted by molar-refractivity contribution is 0.161. The number of nitrogens with zero attached hydrogens (tertiary/aromatic N) is 1. The average molecular weight is 230 g/mol. The molecule has 0 saturated heterocycles. The Morgan fingerprint density at radius 3 is 2.87 bits per heavy atom. The third kappa shape index (κ3) is 1.48. The van der Waals surface area contributed by atoms with Crippen molar-refractivity contribution in [3.63, 3.8) is 0 Å². The van der Waals surface area contributed by atoms with Crippen LogP contribution >= 0.6 is 11.6 Å². The monoisotopic (exact) mass is 229 g/mol. The molecule has 2 fully saturated rings. The van der Waals surface area contributed by atoms with Crippen LogP contribution in [-0.2, 0) is 4.74 Å². The molecule has 0 spiro atoms. The van der Waals surface area contributed by atoms with E-state index >= 15 is 0 Å². The predicted octanol–water partition coefficient (Wildman–Crippen LogP) is 2.47. The van der Waals surface area contributed by atoms with Gasteiger partial charge in [-0.3, -0.25) is 0 Å². The molecule has 4 heteroatoms. The molecule has 0 radical (unpaired) electrons. The Kier molecular flexibility index (Phi) is 2.06. The van der Waals surface area contributed by atoms with Gasteiger partial charge >= 0.3 is 0 Å². The van der Waals surface area contributed by atoms with E-state index in [1.54, 1.807) is 0 Å². The maximum Gasteiger partial charge on any atom is 0.187 e. The molecule has 0 aromatic rings. The summed E-state index contributed by atoms with van der Waals surface area (Å²) in [4.78, 5) is 4.47. The maximum atomic E-state index is 13.5. The number of fused-ring (bicyclic) bond motifs is 1. The molecular formula is C11H13ClFNO. The fraction of sp³-hybridized carbons (Fsp3) is 0.727. The summed E-state index contributed by atoms with van der Waals surface area (Å²) in [7, 11) is 0. The van der Waals surface area contributed by atoms with Crippen molar-refractivity contribution in [2.75, 3.05) is 0 Å². The Morgan fingerprint density at radius 1 is 1.47 bits per heavy atom. The van der Waals surface area contributed by atoms with Crippen LogP contribution in [0.5, 0.6) is 0 Å². The second kappa shape index (κ2) is 3.21. The Hall–Kier alpha value is -0.570. The van der Waals surface area contributed by atoms with E-state index in [0.717, 1.165) is 18.7 Å². The van der Waals surface area contributed by atoms with Crippen molar-refractivity contribution in [3.8, 4) is 0 Å². The van der Waals surface area contributed by atoms with Gasteiger partial charge in [-0.05, 0) is 18.4 Å². The van der Waals surface area contributed by atoms with Crippen LogP contribution in [0.3, 0.4) is 0 Å². The molecule has 4 unspecified atom stereocenters. The largest absolute Gasteiger partial charge is 0.471 e. The molecule has 1 aliphatic heterocycles. The van der Waals surface area contributed by atoms with Crippen molar-refractivity contribution < 1.29 is 9.13 Å². The highest BCUT2D eigenvalue weighted by molar-refractivity contribution is 6.21. The summed E-state index contributed by atoms with van der Waals surface area (Å²) in [5.74, 6) is 1.25. The Balaban J connectivity index is 1.84. The zero-order valence-electron chi connectivity index (χ0n) is 8.33. The van der Waals surface area contributed by atoms with Gasteiger partial charge in [-0.2, -0.15) is 0 Å². The minimum absolute atomic E-state index is 0.109. The molecule has 2 saturated carbocycles. The fourth-order valence-electron chi connectivity index (χ4n) is 2.21. The lowest BCUT2D eigenvalue weighted by Gasteiger charge is -2.31. The molecule has 82 valence electrons. The SMILES string of the molecule is C=C1C(F)CC(Cl)C2N=C(C3CC3)OC12. The molecule has 0 aromatic carbocycles. The van der Waals surface area contributed by atoms with E-state index in [1.165, 1.54) is 0 Å². The Bertz CT molecular complexity index is 339. The first-order valence-electron chi connectivity index (χ1n) is 5.38. The van der Waals surface area contributed by atoms with Gasteiger partial charge in [-0.1, -0.05) is 6.58 Å². The minimum Gasteiger partial charge on any atom is -0.471 e. The van der Waals surface area contributed by atoms with Crippen LogP contribution in [0.2, 0.25) is 0 Å². The van der Waals surface area contributed by atoms with Gasteiger partial charge in [-0.15, -0.1) is 11.6 Å². The van der Waals surface area contributed by atoms with Crippen LogP contribution < -0.4 is 0 Å². The van der Waals surface area contributed by atoms with E-state index in [1.807, 2.05) is 0 Å². The third-order valence-corrected chi connectivity index (χ3v) is 3.77. The molecule has 0 N–H and O–H groups in total. The number of hydrogen-bond donors (Lipinski definition) is 0. The normalized spacial score (nSPS) is 44.7. The number of halogens is 2. The zero-order chi connectivity index (χ0) is 10.6. The minimum atomic E-state index is -1.04. The van der Waals surface area contributed by atoms with E-state index in [2.05, 4.69) is 11.6 Å². The van der Waals surface area contributed by atoms with E-state index in [4.69, 9.17) is 16.3 Å². The summed E-state index contributed by atoms with van der Waals surface area (Å²) >= 11 is 6.10. The molecule has 2 aliphatic carbocycles. The van der Waals surface area contributed by atoms with Crippen LogP contribution in [0.1, 0.15) is 19.3 Å². The van der Waals surface area contributed by atoms with Crippen LogP contribution in [0.25, 0.3) is 0 Å². The second-order valence-corrected chi connectivity index (χ2v) is 5.13. The first-order valence-corrected chi connectivity index (χ1v) is 5.81. The topological polar surface area (TPSA) is 21.6 Å². The molecule has 3 aliphatic rings. The number of alkyl halides is 2. The molecular weight excluding hydrogens is 217 g/mol. The standard InChI is InChI=1S/C11H13ClFNO/c1-5-8(13)4-7(12)9-10(5)15-11(14-9)6-2-3-6/h6-10H,1-4H2. The van der Waals surface area contributed by atoms with Crippen molar-refractivity contribution in [3.05, 3.63) is 12.2 Å². The summed E-state index contributed by atoms with van der Waals surface area (Å²) < 4.78 is 19.2. The van der Waals surface area contributed by atoms with Crippen LogP contribution in [0.15, 0.2) is 17.1 Å².